The Balaban J connectivity index is 1.50. The van der Waals surface area contributed by atoms with Gasteiger partial charge in [-0.2, -0.15) is 5.10 Å². The van der Waals surface area contributed by atoms with E-state index in [1.165, 1.54) is 24.6 Å². The Bertz CT molecular complexity index is 1000. The molecule has 6 heteroatoms. The molecule has 1 aromatic heterocycles. The van der Waals surface area contributed by atoms with Crippen molar-refractivity contribution < 1.29 is 9.18 Å². The molecule has 0 unspecified atom stereocenters. The van der Waals surface area contributed by atoms with Crippen molar-refractivity contribution in [3.63, 3.8) is 0 Å². The topological polar surface area (TPSA) is 50.2 Å². The first-order valence-electron chi connectivity index (χ1n) is 9.48. The van der Waals surface area contributed by atoms with E-state index in [9.17, 15) is 9.18 Å². The second kappa shape index (κ2) is 7.46. The minimum atomic E-state index is -0.269. The molecule has 0 spiro atoms. The Morgan fingerprint density at radius 3 is 2.46 bits per heavy atom. The van der Waals surface area contributed by atoms with Gasteiger partial charge >= 0.3 is 0 Å². The molecular formula is C22H23FN4O. The largest absolute Gasteiger partial charge is 0.372 e. The summed E-state index contributed by atoms with van der Waals surface area (Å²) in [4.78, 5) is 15.0. The van der Waals surface area contributed by atoms with Gasteiger partial charge in [-0.25, -0.2) is 4.39 Å². The first-order valence-corrected chi connectivity index (χ1v) is 9.48. The highest BCUT2D eigenvalue weighted by Gasteiger charge is 2.16. The highest BCUT2D eigenvalue weighted by Crippen LogP contribution is 2.24. The lowest BCUT2D eigenvalue weighted by Gasteiger charge is -2.17. The number of carbonyl (C=O) groups excluding carboxylic acids is 1. The van der Waals surface area contributed by atoms with Crippen LogP contribution >= 0.6 is 0 Å². The number of carbonyl (C=O) groups is 1. The van der Waals surface area contributed by atoms with Gasteiger partial charge in [-0.3, -0.25) is 9.48 Å². The normalized spacial score (nSPS) is 13.8. The number of aromatic nitrogens is 2. The van der Waals surface area contributed by atoms with Crippen LogP contribution < -0.4 is 10.2 Å². The van der Waals surface area contributed by atoms with Crippen molar-refractivity contribution in [3.05, 3.63) is 65.6 Å². The molecule has 0 saturated carbocycles. The summed E-state index contributed by atoms with van der Waals surface area (Å²) in [6, 6.07) is 14.5. The standard InChI is InChI=1S/C22H23FN4O/c1-15-13-16(5-10-19(15)23)21-14-20(25-26(21)2)22(28)24-17-6-8-18(9-7-17)27-11-3-4-12-27/h5-10,13-14H,3-4,11-12H2,1-2H3,(H,24,28). The molecule has 0 atom stereocenters. The summed E-state index contributed by atoms with van der Waals surface area (Å²) in [5.74, 6) is -0.518. The zero-order valence-electron chi connectivity index (χ0n) is 16.1. The lowest BCUT2D eigenvalue weighted by Crippen LogP contribution is -2.17. The lowest BCUT2D eigenvalue weighted by molar-refractivity contribution is 0.102. The van der Waals surface area contributed by atoms with Gasteiger partial charge in [-0.1, -0.05) is 0 Å². The van der Waals surface area contributed by atoms with E-state index in [-0.39, 0.29) is 11.7 Å². The number of rotatable bonds is 4. The van der Waals surface area contributed by atoms with Crippen molar-refractivity contribution >= 4 is 17.3 Å². The van der Waals surface area contributed by atoms with Crippen LogP contribution in [0.25, 0.3) is 11.3 Å². The maximum absolute atomic E-state index is 13.5. The number of nitrogens with zero attached hydrogens (tertiary/aromatic N) is 3. The number of benzene rings is 2. The molecule has 28 heavy (non-hydrogen) atoms. The third-order valence-electron chi connectivity index (χ3n) is 5.16. The fraction of sp³-hybridized carbons (Fsp3) is 0.273. The van der Waals surface area contributed by atoms with Crippen LogP contribution in [-0.4, -0.2) is 28.8 Å². The van der Waals surface area contributed by atoms with Gasteiger partial charge in [0.25, 0.3) is 5.91 Å². The van der Waals surface area contributed by atoms with Crippen molar-refractivity contribution in [2.45, 2.75) is 19.8 Å². The van der Waals surface area contributed by atoms with Crippen LogP contribution in [-0.2, 0) is 7.05 Å². The summed E-state index contributed by atoms with van der Waals surface area (Å²) in [5.41, 5.74) is 4.38. The molecule has 5 nitrogen and oxygen atoms in total. The highest BCUT2D eigenvalue weighted by atomic mass is 19.1. The van der Waals surface area contributed by atoms with Gasteiger partial charge in [0.2, 0.25) is 0 Å². The van der Waals surface area contributed by atoms with Crippen LogP contribution in [0.1, 0.15) is 28.9 Å². The van der Waals surface area contributed by atoms with Gasteiger partial charge in [0.15, 0.2) is 5.69 Å². The van der Waals surface area contributed by atoms with Crippen molar-refractivity contribution in [3.8, 4) is 11.3 Å². The predicted molar refractivity (Wildman–Crippen MR) is 109 cm³/mol. The quantitative estimate of drug-likeness (QED) is 0.733. The number of hydrogen-bond donors (Lipinski definition) is 1. The van der Waals surface area contributed by atoms with Crippen LogP contribution in [0.3, 0.4) is 0 Å². The van der Waals surface area contributed by atoms with E-state index in [2.05, 4.69) is 15.3 Å². The Morgan fingerprint density at radius 2 is 1.79 bits per heavy atom. The van der Waals surface area contributed by atoms with Crippen molar-refractivity contribution in [1.82, 2.24) is 9.78 Å². The fourth-order valence-corrected chi connectivity index (χ4v) is 3.58. The Hall–Kier alpha value is -3.15. The van der Waals surface area contributed by atoms with Crippen LogP contribution in [0.15, 0.2) is 48.5 Å². The predicted octanol–water partition coefficient (Wildman–Crippen LogP) is 4.39. The van der Waals surface area contributed by atoms with Crippen LogP contribution in [0.5, 0.6) is 0 Å². The monoisotopic (exact) mass is 378 g/mol. The summed E-state index contributed by atoms with van der Waals surface area (Å²) >= 11 is 0. The molecule has 1 aliphatic rings. The molecule has 2 aromatic carbocycles. The number of amides is 1. The maximum Gasteiger partial charge on any atom is 0.276 e. The molecule has 0 radical (unpaired) electrons. The van der Waals surface area contributed by atoms with Gasteiger partial charge in [-0.15, -0.1) is 0 Å². The second-order valence-electron chi connectivity index (χ2n) is 7.20. The Labute approximate surface area is 163 Å². The third-order valence-corrected chi connectivity index (χ3v) is 5.16. The van der Waals surface area contributed by atoms with Crippen LogP contribution in [0, 0.1) is 12.7 Å². The number of anilines is 2. The minimum absolute atomic E-state index is 0.249. The van der Waals surface area contributed by atoms with E-state index in [0.717, 1.165) is 30.0 Å². The highest BCUT2D eigenvalue weighted by molar-refractivity contribution is 6.03. The molecule has 1 N–H and O–H groups in total. The van der Waals surface area contributed by atoms with E-state index >= 15 is 0 Å². The summed E-state index contributed by atoms with van der Waals surface area (Å²) < 4.78 is 15.2. The molecule has 1 aliphatic heterocycles. The first kappa shape index (κ1) is 18.2. The molecule has 2 heterocycles. The first-order chi connectivity index (χ1) is 13.5. The van der Waals surface area contributed by atoms with Crippen molar-refractivity contribution in [2.75, 3.05) is 23.3 Å². The third kappa shape index (κ3) is 3.63. The smallest absolute Gasteiger partial charge is 0.276 e. The van der Waals surface area contributed by atoms with Crippen LogP contribution in [0.2, 0.25) is 0 Å². The molecule has 1 saturated heterocycles. The van der Waals surface area contributed by atoms with Crippen molar-refractivity contribution in [1.29, 1.82) is 0 Å². The molecular weight excluding hydrogens is 355 g/mol. The zero-order chi connectivity index (χ0) is 19.7. The molecule has 1 fully saturated rings. The number of nitrogens with one attached hydrogen (secondary N) is 1. The average molecular weight is 378 g/mol. The number of halogens is 1. The maximum atomic E-state index is 13.5. The number of hydrogen-bond acceptors (Lipinski definition) is 3. The van der Waals surface area contributed by atoms with Gasteiger partial charge < -0.3 is 10.2 Å². The Morgan fingerprint density at radius 1 is 1.07 bits per heavy atom. The SMILES string of the molecule is Cc1cc(-c2cc(C(=O)Nc3ccc(N4CCCC4)cc3)nn2C)ccc1F. The second-order valence-corrected chi connectivity index (χ2v) is 7.20. The van der Waals surface area contributed by atoms with E-state index in [0.29, 0.717) is 11.3 Å². The molecule has 4 rings (SSSR count). The summed E-state index contributed by atoms with van der Waals surface area (Å²) in [7, 11) is 1.77. The van der Waals surface area contributed by atoms with Gasteiger partial charge in [0.1, 0.15) is 5.82 Å². The van der Waals surface area contributed by atoms with Gasteiger partial charge in [0.05, 0.1) is 5.69 Å². The lowest BCUT2D eigenvalue weighted by atomic mass is 10.1. The summed E-state index contributed by atoms with van der Waals surface area (Å²) in [6.45, 7) is 3.89. The molecule has 0 bridgehead atoms. The summed E-state index contributed by atoms with van der Waals surface area (Å²) in [6.07, 6.45) is 2.46. The van der Waals surface area contributed by atoms with E-state index in [4.69, 9.17) is 0 Å². The van der Waals surface area contributed by atoms with E-state index < -0.39 is 0 Å². The summed E-state index contributed by atoms with van der Waals surface area (Å²) in [5, 5.41) is 7.21. The number of aryl methyl sites for hydroxylation is 2. The molecule has 1 amide bonds. The minimum Gasteiger partial charge on any atom is -0.372 e. The zero-order valence-corrected chi connectivity index (χ0v) is 16.1. The molecule has 0 aliphatic carbocycles. The van der Waals surface area contributed by atoms with E-state index in [1.54, 1.807) is 36.9 Å². The Kier molecular flexibility index (Phi) is 4.86. The molecule has 3 aromatic rings. The van der Waals surface area contributed by atoms with Crippen LogP contribution in [0.4, 0.5) is 15.8 Å². The van der Waals surface area contributed by atoms with Gasteiger partial charge in [-0.05, 0) is 73.9 Å². The van der Waals surface area contributed by atoms with Crippen molar-refractivity contribution in [2.24, 2.45) is 7.05 Å². The van der Waals surface area contributed by atoms with Gasteiger partial charge in [0, 0.05) is 37.1 Å². The van der Waals surface area contributed by atoms with E-state index in [1.807, 2.05) is 24.3 Å². The average Bonchev–Trinajstić information content (AvgIpc) is 3.35. The fourth-order valence-electron chi connectivity index (χ4n) is 3.58. The molecule has 144 valence electrons.